The summed E-state index contributed by atoms with van der Waals surface area (Å²) >= 11 is 0. The maximum absolute atomic E-state index is 8.75. The van der Waals surface area contributed by atoms with Crippen molar-refractivity contribution in [3.8, 4) is 11.8 Å². The third-order valence-electron chi connectivity index (χ3n) is 2.89. The maximum atomic E-state index is 8.75. The van der Waals surface area contributed by atoms with Gasteiger partial charge in [0.2, 0.25) is 0 Å². The third-order valence-corrected chi connectivity index (χ3v) is 2.89. The quantitative estimate of drug-likeness (QED) is 0.868. The summed E-state index contributed by atoms with van der Waals surface area (Å²) in [6.45, 7) is 0.705. The summed E-state index contributed by atoms with van der Waals surface area (Å²) in [7, 11) is 1.65. The molecule has 0 saturated heterocycles. The summed E-state index contributed by atoms with van der Waals surface area (Å²) in [5, 5.41) is 11.9. The number of aromatic nitrogens is 1. The summed E-state index contributed by atoms with van der Waals surface area (Å²) < 4.78 is 5.18. The molecule has 5 nitrogen and oxygen atoms in total. The number of nitrogen functional groups attached to an aromatic ring is 1. The molecule has 0 atom stereocenters. The van der Waals surface area contributed by atoms with E-state index in [0.29, 0.717) is 23.6 Å². The lowest BCUT2D eigenvalue weighted by molar-refractivity contribution is 0.414. The Morgan fingerprint density at radius 3 is 2.95 bits per heavy atom. The van der Waals surface area contributed by atoms with E-state index < -0.39 is 0 Å². The minimum absolute atomic E-state index is 0.459. The monoisotopic (exact) mass is 268 g/mol. The first-order chi connectivity index (χ1) is 9.72. The number of benzene rings is 1. The smallest absolute Gasteiger partial charge is 0.149 e. The average Bonchev–Trinajstić information content (AvgIpc) is 2.49. The van der Waals surface area contributed by atoms with Crippen LogP contribution in [0, 0.1) is 11.3 Å². The molecule has 2 rings (SSSR count). The van der Waals surface area contributed by atoms with Gasteiger partial charge in [-0.15, -0.1) is 0 Å². The fraction of sp³-hybridized carbons (Fsp3) is 0.200. The first-order valence-electron chi connectivity index (χ1n) is 6.25. The van der Waals surface area contributed by atoms with Gasteiger partial charge in [-0.1, -0.05) is 12.1 Å². The molecule has 0 saturated carbocycles. The van der Waals surface area contributed by atoms with Crippen LogP contribution in [0.3, 0.4) is 0 Å². The molecule has 1 aromatic carbocycles. The highest BCUT2D eigenvalue weighted by Crippen LogP contribution is 2.17. The molecule has 1 aromatic heterocycles. The van der Waals surface area contributed by atoms with Gasteiger partial charge in [-0.3, -0.25) is 0 Å². The van der Waals surface area contributed by atoms with Crippen LogP contribution in [0.1, 0.15) is 11.1 Å². The molecule has 0 aliphatic rings. The third kappa shape index (κ3) is 3.39. The Bertz CT molecular complexity index is 634. The van der Waals surface area contributed by atoms with E-state index in [1.165, 1.54) is 11.8 Å². The molecule has 1 heterocycles. The van der Waals surface area contributed by atoms with Crippen molar-refractivity contribution in [3.63, 3.8) is 0 Å². The Hall–Kier alpha value is -2.74. The number of methoxy groups -OCH3 is 1. The highest BCUT2D eigenvalue weighted by atomic mass is 16.5. The van der Waals surface area contributed by atoms with E-state index in [1.54, 1.807) is 13.2 Å². The normalized spacial score (nSPS) is 9.80. The van der Waals surface area contributed by atoms with Gasteiger partial charge < -0.3 is 15.8 Å². The number of hydrogen-bond acceptors (Lipinski definition) is 5. The summed E-state index contributed by atoms with van der Waals surface area (Å²) in [6, 6.07) is 11.5. The van der Waals surface area contributed by atoms with Crippen LogP contribution in [0.25, 0.3) is 0 Å². The average molecular weight is 268 g/mol. The minimum atomic E-state index is 0.459. The van der Waals surface area contributed by atoms with Crippen LogP contribution >= 0.6 is 0 Å². The van der Waals surface area contributed by atoms with Gasteiger partial charge in [-0.25, -0.2) is 4.98 Å². The van der Waals surface area contributed by atoms with Gasteiger partial charge in [-0.05, 0) is 30.2 Å². The number of nitrogens with two attached hydrogens (primary N) is 1. The van der Waals surface area contributed by atoms with Crippen molar-refractivity contribution in [3.05, 3.63) is 47.7 Å². The number of pyridine rings is 1. The zero-order valence-electron chi connectivity index (χ0n) is 11.3. The molecule has 0 aliphatic heterocycles. The van der Waals surface area contributed by atoms with Gasteiger partial charge in [0.05, 0.1) is 18.4 Å². The molecule has 5 heteroatoms. The first kappa shape index (κ1) is 13.7. The number of nitriles is 1. The number of nitrogens with one attached hydrogen (secondary N) is 1. The zero-order valence-corrected chi connectivity index (χ0v) is 11.3. The highest BCUT2D eigenvalue weighted by molar-refractivity contribution is 5.63. The predicted octanol–water partition coefficient (Wildman–Crippen LogP) is 2.20. The van der Waals surface area contributed by atoms with Crippen LogP contribution in [-0.4, -0.2) is 18.6 Å². The Balaban J connectivity index is 1.94. The number of anilines is 2. The van der Waals surface area contributed by atoms with Gasteiger partial charge in [0.1, 0.15) is 17.6 Å². The Kier molecular flexibility index (Phi) is 4.40. The largest absolute Gasteiger partial charge is 0.497 e. The lowest BCUT2D eigenvalue weighted by Crippen LogP contribution is -2.08. The lowest BCUT2D eigenvalue weighted by atomic mass is 10.1. The zero-order chi connectivity index (χ0) is 14.4. The second-order valence-electron chi connectivity index (χ2n) is 4.30. The van der Waals surface area contributed by atoms with Gasteiger partial charge >= 0.3 is 0 Å². The van der Waals surface area contributed by atoms with Crippen LogP contribution in [-0.2, 0) is 6.42 Å². The van der Waals surface area contributed by atoms with Crippen molar-refractivity contribution >= 4 is 11.5 Å². The second-order valence-corrected chi connectivity index (χ2v) is 4.30. The van der Waals surface area contributed by atoms with Crippen molar-refractivity contribution in [2.75, 3.05) is 24.7 Å². The molecule has 0 radical (unpaired) electrons. The predicted molar refractivity (Wildman–Crippen MR) is 78.6 cm³/mol. The molecular formula is C15H16N4O. The fourth-order valence-electron chi connectivity index (χ4n) is 1.84. The molecule has 0 aliphatic carbocycles. The van der Waals surface area contributed by atoms with Gasteiger partial charge in [0.25, 0.3) is 0 Å². The topological polar surface area (TPSA) is 84.0 Å². The highest BCUT2D eigenvalue weighted by Gasteiger charge is 2.02. The number of hydrogen-bond donors (Lipinski definition) is 2. The number of rotatable bonds is 5. The van der Waals surface area contributed by atoms with Crippen molar-refractivity contribution in [1.29, 1.82) is 5.26 Å². The molecule has 0 unspecified atom stereocenters. The van der Waals surface area contributed by atoms with E-state index in [9.17, 15) is 0 Å². The van der Waals surface area contributed by atoms with Gasteiger partial charge in [0, 0.05) is 12.7 Å². The van der Waals surface area contributed by atoms with E-state index in [1.807, 2.05) is 30.3 Å². The second kappa shape index (κ2) is 6.43. The number of ether oxygens (including phenoxy) is 1. The van der Waals surface area contributed by atoms with Crippen LogP contribution in [0.2, 0.25) is 0 Å². The summed E-state index contributed by atoms with van der Waals surface area (Å²) in [4.78, 5) is 4.13. The Morgan fingerprint density at radius 2 is 2.25 bits per heavy atom. The molecule has 102 valence electrons. The molecule has 20 heavy (non-hydrogen) atoms. The summed E-state index contributed by atoms with van der Waals surface area (Å²) in [5.74, 6) is 1.45. The Labute approximate surface area is 118 Å². The fourth-order valence-corrected chi connectivity index (χ4v) is 1.84. The molecule has 0 bridgehead atoms. The molecule has 0 fully saturated rings. The van der Waals surface area contributed by atoms with Crippen LogP contribution in [0.5, 0.6) is 5.75 Å². The van der Waals surface area contributed by atoms with E-state index in [0.717, 1.165) is 12.2 Å². The summed E-state index contributed by atoms with van der Waals surface area (Å²) in [6.07, 6.45) is 2.34. The SMILES string of the molecule is COc1cccc(CCNc2ncc(C#N)cc2N)c1. The Morgan fingerprint density at radius 1 is 1.40 bits per heavy atom. The van der Waals surface area contributed by atoms with Crippen molar-refractivity contribution in [1.82, 2.24) is 4.98 Å². The first-order valence-corrected chi connectivity index (χ1v) is 6.25. The van der Waals surface area contributed by atoms with E-state index >= 15 is 0 Å². The van der Waals surface area contributed by atoms with Gasteiger partial charge in [0.15, 0.2) is 0 Å². The van der Waals surface area contributed by atoms with E-state index in [4.69, 9.17) is 15.7 Å². The molecule has 3 N–H and O–H groups in total. The van der Waals surface area contributed by atoms with Crippen molar-refractivity contribution in [2.45, 2.75) is 6.42 Å². The molecule has 2 aromatic rings. The van der Waals surface area contributed by atoms with Crippen LogP contribution in [0.15, 0.2) is 36.5 Å². The lowest BCUT2D eigenvalue weighted by Gasteiger charge is -2.09. The molecular weight excluding hydrogens is 252 g/mol. The van der Waals surface area contributed by atoms with Gasteiger partial charge in [-0.2, -0.15) is 5.26 Å². The standard InChI is InChI=1S/C15H16N4O/c1-20-13-4-2-3-11(7-13)5-6-18-15-14(17)8-12(9-16)10-19-15/h2-4,7-8,10H,5-6,17H2,1H3,(H,18,19). The van der Waals surface area contributed by atoms with E-state index in [2.05, 4.69) is 10.3 Å². The van der Waals surface area contributed by atoms with E-state index in [-0.39, 0.29) is 0 Å². The van der Waals surface area contributed by atoms with Crippen molar-refractivity contribution in [2.24, 2.45) is 0 Å². The molecule has 0 amide bonds. The van der Waals surface area contributed by atoms with Crippen LogP contribution in [0.4, 0.5) is 11.5 Å². The van der Waals surface area contributed by atoms with Crippen molar-refractivity contribution < 1.29 is 4.74 Å². The minimum Gasteiger partial charge on any atom is -0.497 e. The molecule has 0 spiro atoms. The van der Waals surface area contributed by atoms with Crippen LogP contribution < -0.4 is 15.8 Å². The maximum Gasteiger partial charge on any atom is 0.149 e. The summed E-state index contributed by atoms with van der Waals surface area (Å²) in [5.41, 5.74) is 7.94. The number of nitrogens with zero attached hydrogens (tertiary/aromatic N) is 2.